The summed E-state index contributed by atoms with van der Waals surface area (Å²) < 4.78 is 16.2. The van der Waals surface area contributed by atoms with Gasteiger partial charge >= 0.3 is 6.75 Å². The van der Waals surface area contributed by atoms with Gasteiger partial charge in [-0.15, -0.1) is 6.82 Å². The minimum atomic E-state index is -1.39. The fourth-order valence-electron chi connectivity index (χ4n) is 1.13. The minimum absolute atomic E-state index is 0.719. The summed E-state index contributed by atoms with van der Waals surface area (Å²) in [7, 11) is 0. The molecule has 0 radical (unpaired) electrons. The van der Waals surface area contributed by atoms with E-state index in [0.717, 1.165) is 32.7 Å². The van der Waals surface area contributed by atoms with E-state index < -0.39 is 6.75 Å². The van der Waals surface area contributed by atoms with Gasteiger partial charge in [-0.1, -0.05) is 6.92 Å². The number of hydrogen-bond donors (Lipinski definition) is 0. The van der Waals surface area contributed by atoms with Gasteiger partial charge < -0.3 is 14.0 Å². The molecular formula is C7H16BO3-. The predicted molar refractivity (Wildman–Crippen MR) is 44.4 cm³/mol. The van der Waals surface area contributed by atoms with Gasteiger partial charge in [0.25, 0.3) is 0 Å². The largest absolute Gasteiger partial charge is 0.545 e. The Bertz CT molecular complexity index is 112. The van der Waals surface area contributed by atoms with Crippen molar-refractivity contribution in [2.45, 2.75) is 26.6 Å². The molecule has 1 aliphatic heterocycles. The van der Waals surface area contributed by atoms with E-state index in [9.17, 15) is 0 Å². The highest BCUT2D eigenvalue weighted by Crippen LogP contribution is 2.14. The van der Waals surface area contributed by atoms with Crippen LogP contribution in [0.25, 0.3) is 0 Å². The Morgan fingerprint density at radius 1 is 1.36 bits per heavy atom. The molecule has 66 valence electrons. The Kier molecular flexibility index (Phi) is 3.36. The Hall–Kier alpha value is -0.0551. The molecule has 0 saturated carbocycles. The van der Waals surface area contributed by atoms with Crippen molar-refractivity contribution >= 4 is 6.75 Å². The molecule has 1 fully saturated rings. The van der Waals surface area contributed by atoms with E-state index >= 15 is 0 Å². The summed E-state index contributed by atoms with van der Waals surface area (Å²) in [6.45, 7) is 4.81. The summed E-state index contributed by atoms with van der Waals surface area (Å²) in [6.07, 6.45) is 1.98. The van der Waals surface area contributed by atoms with Gasteiger partial charge in [0, 0.05) is 19.8 Å². The SMILES string of the molecule is CCCO[B-]1(C)OCCCO1. The number of hydrogen-bond acceptors (Lipinski definition) is 3. The van der Waals surface area contributed by atoms with E-state index in [1.54, 1.807) is 0 Å². The molecule has 0 aromatic rings. The van der Waals surface area contributed by atoms with Crippen LogP contribution in [0, 0.1) is 0 Å². The molecule has 0 spiro atoms. The monoisotopic (exact) mass is 159 g/mol. The van der Waals surface area contributed by atoms with Crippen LogP contribution in [0.4, 0.5) is 0 Å². The maximum absolute atomic E-state index is 5.44. The molecule has 0 N–H and O–H groups in total. The second-order valence-corrected chi connectivity index (χ2v) is 2.96. The van der Waals surface area contributed by atoms with Crippen molar-refractivity contribution in [3.63, 3.8) is 0 Å². The highest BCUT2D eigenvalue weighted by atomic mass is 16.8. The predicted octanol–water partition coefficient (Wildman–Crippen LogP) is 1.42. The second kappa shape index (κ2) is 4.09. The fourth-order valence-corrected chi connectivity index (χ4v) is 1.13. The molecule has 0 unspecified atom stereocenters. The van der Waals surface area contributed by atoms with Crippen molar-refractivity contribution in [3.8, 4) is 0 Å². The van der Waals surface area contributed by atoms with Crippen LogP contribution in [-0.2, 0) is 14.0 Å². The van der Waals surface area contributed by atoms with Crippen LogP contribution in [0.15, 0.2) is 0 Å². The Morgan fingerprint density at radius 2 is 2.00 bits per heavy atom. The van der Waals surface area contributed by atoms with Gasteiger partial charge in [-0.25, -0.2) is 0 Å². The fraction of sp³-hybridized carbons (Fsp3) is 1.00. The average molecular weight is 159 g/mol. The minimum Gasteiger partial charge on any atom is -0.545 e. The van der Waals surface area contributed by atoms with Gasteiger partial charge in [-0.05, 0) is 12.8 Å². The van der Waals surface area contributed by atoms with Gasteiger partial charge in [0.05, 0.1) is 0 Å². The van der Waals surface area contributed by atoms with Gasteiger partial charge in [-0.3, -0.25) is 0 Å². The first-order valence-electron chi connectivity index (χ1n) is 4.36. The van der Waals surface area contributed by atoms with Crippen LogP contribution >= 0.6 is 0 Å². The first kappa shape index (κ1) is 9.04. The first-order valence-corrected chi connectivity index (χ1v) is 4.36. The van der Waals surface area contributed by atoms with Gasteiger partial charge in [0.1, 0.15) is 0 Å². The molecule has 0 amide bonds. The third-order valence-corrected chi connectivity index (χ3v) is 1.75. The van der Waals surface area contributed by atoms with E-state index in [1.165, 1.54) is 0 Å². The van der Waals surface area contributed by atoms with E-state index in [4.69, 9.17) is 14.0 Å². The van der Waals surface area contributed by atoms with Crippen LogP contribution in [-0.4, -0.2) is 26.6 Å². The normalized spacial score (nSPS) is 23.5. The molecule has 1 aliphatic rings. The van der Waals surface area contributed by atoms with E-state index in [1.807, 2.05) is 6.82 Å². The van der Waals surface area contributed by atoms with Crippen molar-refractivity contribution < 1.29 is 14.0 Å². The third kappa shape index (κ3) is 2.81. The molecule has 0 atom stereocenters. The van der Waals surface area contributed by atoms with Crippen molar-refractivity contribution in [2.24, 2.45) is 0 Å². The zero-order chi connectivity index (χ0) is 8.16. The van der Waals surface area contributed by atoms with Crippen LogP contribution in [0.1, 0.15) is 19.8 Å². The summed E-state index contributed by atoms with van der Waals surface area (Å²) >= 11 is 0. The molecule has 0 aromatic carbocycles. The Labute approximate surface area is 68.0 Å². The van der Waals surface area contributed by atoms with E-state index in [0.29, 0.717) is 0 Å². The third-order valence-electron chi connectivity index (χ3n) is 1.75. The van der Waals surface area contributed by atoms with E-state index in [2.05, 4.69) is 6.92 Å². The molecule has 4 heteroatoms. The quantitative estimate of drug-likeness (QED) is 0.582. The van der Waals surface area contributed by atoms with Crippen LogP contribution in [0.2, 0.25) is 6.82 Å². The maximum Gasteiger partial charge on any atom is 0.376 e. The van der Waals surface area contributed by atoms with Gasteiger partial charge in [0.15, 0.2) is 0 Å². The molecule has 0 bridgehead atoms. The van der Waals surface area contributed by atoms with Gasteiger partial charge in [-0.2, -0.15) is 0 Å². The Morgan fingerprint density at radius 3 is 2.55 bits per heavy atom. The lowest BCUT2D eigenvalue weighted by Gasteiger charge is -2.41. The lowest BCUT2D eigenvalue weighted by atomic mass is 9.81. The topological polar surface area (TPSA) is 27.7 Å². The Balaban J connectivity index is 2.25. The highest BCUT2D eigenvalue weighted by Gasteiger charge is 2.24. The molecule has 3 nitrogen and oxygen atoms in total. The lowest BCUT2D eigenvalue weighted by Crippen LogP contribution is -2.46. The zero-order valence-electron chi connectivity index (χ0n) is 7.34. The molecule has 1 rings (SSSR count). The standard InChI is InChI=1S/C7H16BO3/c1-3-5-9-8(2)10-6-4-7-11-8/h3-7H2,1-2H3/q-1. The summed E-state index contributed by atoms with van der Waals surface area (Å²) in [5.74, 6) is 0. The van der Waals surface area contributed by atoms with Crippen molar-refractivity contribution in [1.82, 2.24) is 0 Å². The lowest BCUT2D eigenvalue weighted by molar-refractivity contribution is 0.0279. The average Bonchev–Trinajstić information content (AvgIpc) is 2.03. The smallest absolute Gasteiger partial charge is 0.376 e. The van der Waals surface area contributed by atoms with Crippen LogP contribution in [0.5, 0.6) is 0 Å². The summed E-state index contributed by atoms with van der Waals surface area (Å²) in [6, 6.07) is 0. The van der Waals surface area contributed by atoms with Crippen molar-refractivity contribution in [2.75, 3.05) is 19.8 Å². The number of rotatable bonds is 3. The summed E-state index contributed by atoms with van der Waals surface area (Å²) in [5.41, 5.74) is 0. The first-order chi connectivity index (χ1) is 5.27. The van der Waals surface area contributed by atoms with Crippen molar-refractivity contribution in [1.29, 1.82) is 0 Å². The maximum atomic E-state index is 5.44. The molecule has 0 aromatic heterocycles. The highest BCUT2D eigenvalue weighted by molar-refractivity contribution is 6.59. The van der Waals surface area contributed by atoms with E-state index in [-0.39, 0.29) is 0 Å². The molecule has 1 saturated heterocycles. The summed E-state index contributed by atoms with van der Waals surface area (Å²) in [4.78, 5) is 0. The van der Waals surface area contributed by atoms with Crippen LogP contribution in [0.3, 0.4) is 0 Å². The molecule has 11 heavy (non-hydrogen) atoms. The second-order valence-electron chi connectivity index (χ2n) is 2.96. The molecular weight excluding hydrogens is 143 g/mol. The van der Waals surface area contributed by atoms with Gasteiger partial charge in [0.2, 0.25) is 0 Å². The summed E-state index contributed by atoms with van der Waals surface area (Å²) in [5, 5.41) is 0. The molecule has 0 aliphatic carbocycles. The zero-order valence-corrected chi connectivity index (χ0v) is 7.34. The van der Waals surface area contributed by atoms with Crippen LogP contribution < -0.4 is 0 Å². The molecule has 1 heterocycles. The van der Waals surface area contributed by atoms with Crippen molar-refractivity contribution in [3.05, 3.63) is 0 Å².